The average molecular weight is 259 g/mol. The Morgan fingerprint density at radius 1 is 1.06 bits per heavy atom. The van der Waals surface area contributed by atoms with E-state index >= 15 is 0 Å². The minimum absolute atomic E-state index is 0.115. The zero-order valence-electron chi connectivity index (χ0n) is 9.21. The molecule has 0 aromatic heterocycles. The largest absolute Gasteiger partial charge is 0.269 e. The SMILES string of the molecule is NN1CCN(S(=O)(=O)c2ccc(F)cc2)CC1. The van der Waals surface area contributed by atoms with E-state index in [0.29, 0.717) is 26.2 Å². The highest BCUT2D eigenvalue weighted by atomic mass is 32.2. The van der Waals surface area contributed by atoms with Crippen LogP contribution in [0.5, 0.6) is 0 Å². The Balaban J connectivity index is 2.21. The summed E-state index contributed by atoms with van der Waals surface area (Å²) in [5, 5.41) is 1.58. The molecule has 94 valence electrons. The molecule has 1 aromatic rings. The van der Waals surface area contributed by atoms with Crippen molar-refractivity contribution in [3.63, 3.8) is 0 Å². The summed E-state index contributed by atoms with van der Waals surface area (Å²) in [6, 6.07) is 4.84. The molecule has 5 nitrogen and oxygen atoms in total. The molecule has 1 aromatic carbocycles. The molecule has 1 saturated heterocycles. The zero-order chi connectivity index (χ0) is 12.5. The summed E-state index contributed by atoms with van der Waals surface area (Å²) >= 11 is 0. The Bertz CT molecular complexity index is 481. The van der Waals surface area contributed by atoms with E-state index in [1.807, 2.05) is 0 Å². The van der Waals surface area contributed by atoms with Crippen molar-refractivity contribution in [3.8, 4) is 0 Å². The third kappa shape index (κ3) is 2.63. The summed E-state index contributed by atoms with van der Waals surface area (Å²) in [4.78, 5) is 0.115. The minimum atomic E-state index is -3.52. The summed E-state index contributed by atoms with van der Waals surface area (Å²) in [5.41, 5.74) is 0. The summed E-state index contributed by atoms with van der Waals surface area (Å²) < 4.78 is 38.4. The van der Waals surface area contributed by atoms with Gasteiger partial charge in [-0.25, -0.2) is 17.8 Å². The standard InChI is InChI=1S/C10H14FN3O2S/c11-9-1-3-10(4-2-9)17(15,16)14-7-5-13(12)6-8-14/h1-4H,5-8,12H2. The predicted octanol–water partition coefficient (Wildman–Crippen LogP) is 0.00570. The van der Waals surface area contributed by atoms with Gasteiger partial charge in [0, 0.05) is 26.2 Å². The lowest BCUT2D eigenvalue weighted by atomic mass is 10.4. The molecule has 0 unspecified atom stereocenters. The second-order valence-electron chi connectivity index (χ2n) is 3.89. The van der Waals surface area contributed by atoms with Gasteiger partial charge < -0.3 is 0 Å². The van der Waals surface area contributed by atoms with Crippen LogP contribution in [-0.4, -0.2) is 43.9 Å². The van der Waals surface area contributed by atoms with Gasteiger partial charge in [0.15, 0.2) is 0 Å². The maximum atomic E-state index is 12.7. The minimum Gasteiger partial charge on any atom is -0.269 e. The van der Waals surface area contributed by atoms with Crippen LogP contribution in [0, 0.1) is 5.82 Å². The molecule has 0 atom stereocenters. The monoisotopic (exact) mass is 259 g/mol. The van der Waals surface area contributed by atoms with Gasteiger partial charge in [0.05, 0.1) is 4.90 Å². The van der Waals surface area contributed by atoms with Gasteiger partial charge in [0.1, 0.15) is 5.82 Å². The Labute approximate surface area is 99.6 Å². The number of nitrogens with two attached hydrogens (primary N) is 1. The molecule has 0 saturated carbocycles. The van der Waals surface area contributed by atoms with Crippen molar-refractivity contribution in [2.24, 2.45) is 5.84 Å². The van der Waals surface area contributed by atoms with Gasteiger partial charge in [-0.05, 0) is 24.3 Å². The number of nitrogens with zero attached hydrogens (tertiary/aromatic N) is 2. The lowest BCUT2D eigenvalue weighted by molar-refractivity contribution is 0.192. The van der Waals surface area contributed by atoms with Gasteiger partial charge >= 0.3 is 0 Å². The highest BCUT2D eigenvalue weighted by molar-refractivity contribution is 7.89. The fourth-order valence-corrected chi connectivity index (χ4v) is 3.12. The Morgan fingerprint density at radius 3 is 2.12 bits per heavy atom. The van der Waals surface area contributed by atoms with Crippen LogP contribution in [0.15, 0.2) is 29.2 Å². The van der Waals surface area contributed by atoms with E-state index in [0.717, 1.165) is 12.1 Å². The topological polar surface area (TPSA) is 66.6 Å². The predicted molar refractivity (Wildman–Crippen MR) is 60.9 cm³/mol. The van der Waals surface area contributed by atoms with E-state index in [9.17, 15) is 12.8 Å². The number of hydrogen-bond acceptors (Lipinski definition) is 4. The molecule has 2 N–H and O–H groups in total. The van der Waals surface area contributed by atoms with Crippen molar-refractivity contribution < 1.29 is 12.8 Å². The number of rotatable bonds is 2. The van der Waals surface area contributed by atoms with E-state index in [2.05, 4.69) is 0 Å². The lowest BCUT2D eigenvalue weighted by Crippen LogP contribution is -2.51. The molecule has 17 heavy (non-hydrogen) atoms. The molecule has 1 aliphatic rings. The van der Waals surface area contributed by atoms with Crippen LogP contribution in [-0.2, 0) is 10.0 Å². The van der Waals surface area contributed by atoms with E-state index in [1.165, 1.54) is 16.4 Å². The average Bonchev–Trinajstić information content (AvgIpc) is 2.30. The third-order valence-electron chi connectivity index (χ3n) is 2.72. The van der Waals surface area contributed by atoms with E-state index in [1.54, 1.807) is 5.01 Å². The molecule has 0 amide bonds. The van der Waals surface area contributed by atoms with Crippen molar-refractivity contribution >= 4 is 10.0 Å². The van der Waals surface area contributed by atoms with Crippen LogP contribution in [0.25, 0.3) is 0 Å². The van der Waals surface area contributed by atoms with Crippen LogP contribution in [0.3, 0.4) is 0 Å². The lowest BCUT2D eigenvalue weighted by Gasteiger charge is -2.31. The van der Waals surface area contributed by atoms with Crippen LogP contribution in [0.1, 0.15) is 0 Å². The summed E-state index contributed by atoms with van der Waals surface area (Å²) in [6.45, 7) is 1.72. The molecule has 0 radical (unpaired) electrons. The van der Waals surface area contributed by atoms with E-state index < -0.39 is 15.8 Å². The van der Waals surface area contributed by atoms with Crippen molar-refractivity contribution in [1.29, 1.82) is 0 Å². The van der Waals surface area contributed by atoms with E-state index in [-0.39, 0.29) is 4.90 Å². The Kier molecular flexibility index (Phi) is 3.43. The second-order valence-corrected chi connectivity index (χ2v) is 5.83. The molecule has 1 aliphatic heterocycles. The van der Waals surface area contributed by atoms with Gasteiger partial charge in [-0.2, -0.15) is 4.31 Å². The fraction of sp³-hybridized carbons (Fsp3) is 0.400. The highest BCUT2D eigenvalue weighted by Crippen LogP contribution is 2.17. The first-order valence-electron chi connectivity index (χ1n) is 5.25. The molecule has 7 heteroatoms. The molecule has 2 rings (SSSR count). The fourth-order valence-electron chi connectivity index (χ4n) is 1.70. The van der Waals surface area contributed by atoms with Gasteiger partial charge in [-0.3, -0.25) is 5.84 Å². The smallest absolute Gasteiger partial charge is 0.243 e. The number of piperazine rings is 1. The number of sulfonamides is 1. The molecule has 1 fully saturated rings. The van der Waals surface area contributed by atoms with Crippen molar-refractivity contribution in [1.82, 2.24) is 9.31 Å². The first kappa shape index (κ1) is 12.4. The van der Waals surface area contributed by atoms with E-state index in [4.69, 9.17) is 5.84 Å². The Morgan fingerprint density at radius 2 is 1.59 bits per heavy atom. The third-order valence-corrected chi connectivity index (χ3v) is 4.64. The van der Waals surface area contributed by atoms with Gasteiger partial charge in [-0.15, -0.1) is 0 Å². The number of benzene rings is 1. The van der Waals surface area contributed by atoms with Gasteiger partial charge in [0.25, 0.3) is 0 Å². The second kappa shape index (κ2) is 4.69. The van der Waals surface area contributed by atoms with Gasteiger partial charge in [-0.1, -0.05) is 0 Å². The molecular formula is C10H14FN3O2S. The van der Waals surface area contributed by atoms with Crippen LogP contribution >= 0.6 is 0 Å². The van der Waals surface area contributed by atoms with Crippen molar-refractivity contribution in [3.05, 3.63) is 30.1 Å². The number of hydrogen-bond donors (Lipinski definition) is 1. The highest BCUT2D eigenvalue weighted by Gasteiger charge is 2.27. The van der Waals surface area contributed by atoms with Gasteiger partial charge in [0.2, 0.25) is 10.0 Å². The quantitative estimate of drug-likeness (QED) is 0.760. The molecule has 0 bridgehead atoms. The first-order valence-corrected chi connectivity index (χ1v) is 6.69. The van der Waals surface area contributed by atoms with Crippen molar-refractivity contribution in [2.75, 3.05) is 26.2 Å². The normalized spacial score (nSPS) is 19.4. The van der Waals surface area contributed by atoms with Crippen LogP contribution in [0.4, 0.5) is 4.39 Å². The summed E-state index contributed by atoms with van der Waals surface area (Å²) in [5.74, 6) is 5.11. The first-order chi connectivity index (χ1) is 8.00. The molecular weight excluding hydrogens is 245 g/mol. The summed E-state index contributed by atoms with van der Waals surface area (Å²) in [6.07, 6.45) is 0. The molecule has 0 aliphatic carbocycles. The van der Waals surface area contributed by atoms with Crippen LogP contribution in [0.2, 0.25) is 0 Å². The molecule has 0 spiro atoms. The molecule has 1 heterocycles. The van der Waals surface area contributed by atoms with Crippen LogP contribution < -0.4 is 5.84 Å². The van der Waals surface area contributed by atoms with Crippen molar-refractivity contribution in [2.45, 2.75) is 4.90 Å². The maximum Gasteiger partial charge on any atom is 0.243 e. The maximum absolute atomic E-state index is 12.7. The summed E-state index contributed by atoms with van der Waals surface area (Å²) in [7, 11) is -3.52. The zero-order valence-corrected chi connectivity index (χ0v) is 10.0. The number of hydrazine groups is 1. The number of halogens is 1. The Hall–Kier alpha value is -1.02.